The molecular formula is C11H12N2O. The van der Waals surface area contributed by atoms with Crippen LogP contribution in [0.3, 0.4) is 0 Å². The van der Waals surface area contributed by atoms with Gasteiger partial charge in [-0.15, -0.1) is 0 Å². The number of aliphatic hydroxyl groups excluding tert-OH is 1. The number of fused-ring (bicyclic) bond motifs is 1. The van der Waals surface area contributed by atoms with E-state index in [1.165, 1.54) is 0 Å². The molecule has 3 nitrogen and oxygen atoms in total. The van der Waals surface area contributed by atoms with Gasteiger partial charge in [-0.1, -0.05) is 24.3 Å². The summed E-state index contributed by atoms with van der Waals surface area (Å²) in [7, 11) is 0. The summed E-state index contributed by atoms with van der Waals surface area (Å²) in [6.45, 7) is 1.67. The Labute approximate surface area is 82.4 Å². The monoisotopic (exact) mass is 188 g/mol. The molecule has 1 aromatic heterocycles. The fourth-order valence-electron chi connectivity index (χ4n) is 1.43. The predicted octanol–water partition coefficient (Wildman–Crippen LogP) is 1.98. The first-order chi connectivity index (χ1) is 6.77. The zero-order chi connectivity index (χ0) is 9.97. The Morgan fingerprint density at radius 1 is 1.29 bits per heavy atom. The lowest BCUT2D eigenvalue weighted by atomic mass is 10.1. The van der Waals surface area contributed by atoms with E-state index in [0.29, 0.717) is 0 Å². The normalized spacial score (nSPS) is 12.7. The Bertz CT molecular complexity index is 435. The summed E-state index contributed by atoms with van der Waals surface area (Å²) in [6.07, 6.45) is 1.14. The maximum absolute atomic E-state index is 9.21. The quantitative estimate of drug-likeness (QED) is 0.708. The largest absolute Gasteiger partial charge is 0.374 e. The number of pyridine rings is 1. The summed E-state index contributed by atoms with van der Waals surface area (Å²) in [6, 6.07) is 9.88. The number of nitrogens with one attached hydrogen (secondary N) is 1. The molecule has 0 aliphatic rings. The Morgan fingerprint density at radius 3 is 2.86 bits per heavy atom. The fourth-order valence-corrected chi connectivity index (χ4v) is 1.43. The minimum atomic E-state index is -0.590. The fraction of sp³-hybridized carbons (Fsp3) is 0.182. The van der Waals surface area contributed by atoms with E-state index in [0.717, 1.165) is 16.6 Å². The summed E-state index contributed by atoms with van der Waals surface area (Å²) in [5.41, 5.74) is 0. The maximum Gasteiger partial charge on any atom is 0.135 e. The zero-order valence-electron chi connectivity index (χ0n) is 7.94. The first-order valence-corrected chi connectivity index (χ1v) is 4.56. The Balaban J connectivity index is 2.53. The molecule has 0 radical (unpaired) electrons. The average Bonchev–Trinajstić information content (AvgIpc) is 2.18. The van der Waals surface area contributed by atoms with Crippen molar-refractivity contribution >= 4 is 16.6 Å². The summed E-state index contributed by atoms with van der Waals surface area (Å²) >= 11 is 0. The van der Waals surface area contributed by atoms with Gasteiger partial charge >= 0.3 is 0 Å². The number of anilines is 1. The van der Waals surface area contributed by atoms with Crippen LogP contribution in [0.15, 0.2) is 36.5 Å². The first-order valence-electron chi connectivity index (χ1n) is 4.56. The molecule has 3 heteroatoms. The van der Waals surface area contributed by atoms with Gasteiger partial charge in [0.1, 0.15) is 12.0 Å². The van der Waals surface area contributed by atoms with Crippen LogP contribution in [0.2, 0.25) is 0 Å². The molecule has 14 heavy (non-hydrogen) atoms. The number of aliphatic hydroxyl groups is 1. The van der Waals surface area contributed by atoms with Crippen LogP contribution < -0.4 is 5.32 Å². The molecule has 0 spiro atoms. The lowest BCUT2D eigenvalue weighted by molar-refractivity contribution is 0.224. The Morgan fingerprint density at radius 2 is 2.07 bits per heavy atom. The van der Waals surface area contributed by atoms with Crippen molar-refractivity contribution in [3.63, 3.8) is 0 Å². The van der Waals surface area contributed by atoms with Crippen LogP contribution in [0, 0.1) is 0 Å². The molecule has 1 heterocycles. The smallest absolute Gasteiger partial charge is 0.135 e. The van der Waals surface area contributed by atoms with Crippen LogP contribution in [0.1, 0.15) is 6.92 Å². The van der Waals surface area contributed by atoms with E-state index in [2.05, 4.69) is 10.3 Å². The molecule has 0 bridgehead atoms. The number of nitrogens with zero attached hydrogens (tertiary/aromatic N) is 1. The van der Waals surface area contributed by atoms with E-state index in [9.17, 15) is 5.11 Å². The number of aromatic nitrogens is 1. The third-order valence-electron chi connectivity index (χ3n) is 2.02. The van der Waals surface area contributed by atoms with Crippen molar-refractivity contribution in [1.29, 1.82) is 0 Å². The lowest BCUT2D eigenvalue weighted by Gasteiger charge is -2.10. The van der Waals surface area contributed by atoms with Gasteiger partial charge in [0.2, 0.25) is 0 Å². The summed E-state index contributed by atoms with van der Waals surface area (Å²) in [4.78, 5) is 4.18. The summed E-state index contributed by atoms with van der Waals surface area (Å²) < 4.78 is 0. The average molecular weight is 188 g/mol. The molecule has 2 N–H and O–H groups in total. The van der Waals surface area contributed by atoms with Gasteiger partial charge in [0, 0.05) is 11.6 Å². The Kier molecular flexibility index (Phi) is 2.33. The maximum atomic E-state index is 9.21. The van der Waals surface area contributed by atoms with Gasteiger partial charge < -0.3 is 10.4 Å². The molecule has 0 aliphatic heterocycles. The van der Waals surface area contributed by atoms with Gasteiger partial charge in [-0.25, -0.2) is 4.98 Å². The minimum Gasteiger partial charge on any atom is -0.374 e. The van der Waals surface area contributed by atoms with Crippen molar-refractivity contribution in [1.82, 2.24) is 4.98 Å². The number of benzene rings is 1. The van der Waals surface area contributed by atoms with Gasteiger partial charge in [-0.3, -0.25) is 0 Å². The van der Waals surface area contributed by atoms with E-state index in [-0.39, 0.29) is 0 Å². The second kappa shape index (κ2) is 3.64. The zero-order valence-corrected chi connectivity index (χ0v) is 7.94. The van der Waals surface area contributed by atoms with Crippen LogP contribution in [0.25, 0.3) is 10.8 Å². The van der Waals surface area contributed by atoms with E-state index in [1.807, 2.05) is 30.3 Å². The molecule has 0 amide bonds. The molecule has 0 saturated carbocycles. The van der Waals surface area contributed by atoms with Gasteiger partial charge in [0.05, 0.1) is 0 Å². The van der Waals surface area contributed by atoms with E-state index < -0.39 is 6.23 Å². The van der Waals surface area contributed by atoms with Crippen LogP contribution in [0.4, 0.5) is 5.82 Å². The van der Waals surface area contributed by atoms with Gasteiger partial charge in [0.15, 0.2) is 0 Å². The number of rotatable bonds is 2. The molecule has 1 atom stereocenters. The van der Waals surface area contributed by atoms with Crippen LogP contribution in [0.5, 0.6) is 0 Å². The van der Waals surface area contributed by atoms with Crippen LogP contribution >= 0.6 is 0 Å². The van der Waals surface area contributed by atoms with Crippen molar-refractivity contribution < 1.29 is 5.11 Å². The summed E-state index contributed by atoms with van der Waals surface area (Å²) in [5, 5.41) is 14.2. The molecule has 0 fully saturated rings. The highest BCUT2D eigenvalue weighted by Crippen LogP contribution is 2.20. The number of hydrogen-bond donors (Lipinski definition) is 2. The van der Waals surface area contributed by atoms with Crippen molar-refractivity contribution in [2.75, 3.05) is 5.32 Å². The van der Waals surface area contributed by atoms with Crippen molar-refractivity contribution in [3.05, 3.63) is 36.5 Å². The predicted molar refractivity (Wildman–Crippen MR) is 57.0 cm³/mol. The first kappa shape index (κ1) is 8.97. The SMILES string of the molecule is CC(O)Nc1nccc2ccccc12. The van der Waals surface area contributed by atoms with E-state index in [4.69, 9.17) is 0 Å². The molecule has 2 rings (SSSR count). The molecule has 0 saturated heterocycles. The summed E-state index contributed by atoms with van der Waals surface area (Å²) in [5.74, 6) is 0.720. The molecule has 0 aliphatic carbocycles. The van der Waals surface area contributed by atoms with Gasteiger partial charge in [-0.05, 0) is 18.4 Å². The third-order valence-corrected chi connectivity index (χ3v) is 2.02. The van der Waals surface area contributed by atoms with E-state index >= 15 is 0 Å². The van der Waals surface area contributed by atoms with Crippen molar-refractivity contribution in [2.45, 2.75) is 13.2 Å². The van der Waals surface area contributed by atoms with E-state index in [1.54, 1.807) is 13.1 Å². The minimum absolute atomic E-state index is 0.590. The topological polar surface area (TPSA) is 45.1 Å². The molecular weight excluding hydrogens is 176 g/mol. The van der Waals surface area contributed by atoms with Crippen molar-refractivity contribution in [2.24, 2.45) is 0 Å². The molecule has 1 unspecified atom stereocenters. The highest BCUT2D eigenvalue weighted by Gasteiger charge is 2.02. The van der Waals surface area contributed by atoms with Crippen LogP contribution in [-0.2, 0) is 0 Å². The highest BCUT2D eigenvalue weighted by molar-refractivity contribution is 5.91. The number of hydrogen-bond acceptors (Lipinski definition) is 3. The van der Waals surface area contributed by atoms with Crippen molar-refractivity contribution in [3.8, 4) is 0 Å². The second-order valence-electron chi connectivity index (χ2n) is 3.20. The van der Waals surface area contributed by atoms with Gasteiger partial charge in [0.25, 0.3) is 0 Å². The van der Waals surface area contributed by atoms with Crippen LogP contribution in [-0.4, -0.2) is 16.3 Å². The third kappa shape index (κ3) is 1.67. The second-order valence-corrected chi connectivity index (χ2v) is 3.20. The molecule has 72 valence electrons. The molecule has 1 aromatic carbocycles. The molecule has 2 aromatic rings. The highest BCUT2D eigenvalue weighted by atomic mass is 16.3. The standard InChI is InChI=1S/C11H12N2O/c1-8(14)13-11-10-5-3-2-4-9(10)6-7-12-11/h2-8,14H,1H3,(H,12,13). The lowest BCUT2D eigenvalue weighted by Crippen LogP contribution is -2.14. The Hall–Kier alpha value is -1.61. The van der Waals surface area contributed by atoms with Gasteiger partial charge in [-0.2, -0.15) is 0 Å².